The molecule has 0 saturated heterocycles. The van der Waals surface area contributed by atoms with Crippen molar-refractivity contribution in [2.45, 2.75) is 6.92 Å². The highest BCUT2D eigenvalue weighted by Gasteiger charge is 2.00. The molecular weight excluding hydrogens is 214 g/mol. The summed E-state index contributed by atoms with van der Waals surface area (Å²) in [5, 5.41) is 6.88. The molecule has 5 heteroatoms. The third-order valence-electron chi connectivity index (χ3n) is 1.65. The van der Waals surface area contributed by atoms with Gasteiger partial charge in [0.25, 0.3) is 0 Å². The fourth-order valence-corrected chi connectivity index (χ4v) is 1.27. The van der Waals surface area contributed by atoms with Crippen molar-refractivity contribution < 1.29 is 4.79 Å². The first kappa shape index (κ1) is 11.5. The van der Waals surface area contributed by atoms with Gasteiger partial charge in [0, 0.05) is 25.2 Å². The zero-order valence-corrected chi connectivity index (χ0v) is 9.30. The number of amides is 1. The number of nitrogens with zero attached hydrogens (tertiary/aromatic N) is 1. The lowest BCUT2D eigenvalue weighted by molar-refractivity contribution is -0.114. The zero-order chi connectivity index (χ0) is 11.3. The number of nitrogens with one attached hydrogen (secondary N) is 2. The summed E-state index contributed by atoms with van der Waals surface area (Å²) in [6.07, 6.45) is 0. The van der Waals surface area contributed by atoms with Crippen LogP contribution in [0.15, 0.2) is 29.4 Å². The van der Waals surface area contributed by atoms with Gasteiger partial charge in [-0.1, -0.05) is 11.6 Å². The molecule has 0 atom stereocenters. The van der Waals surface area contributed by atoms with Crippen molar-refractivity contribution in [2.75, 3.05) is 12.4 Å². The van der Waals surface area contributed by atoms with Crippen molar-refractivity contribution in [3.8, 4) is 0 Å². The van der Waals surface area contributed by atoms with Crippen molar-refractivity contribution in [3.05, 3.63) is 29.8 Å². The normalized spacial score (nSPS) is 11.0. The summed E-state index contributed by atoms with van der Waals surface area (Å²) in [7, 11) is 1.67. The summed E-state index contributed by atoms with van der Waals surface area (Å²) in [5.74, 6) is -0.0993. The highest BCUT2D eigenvalue weighted by molar-refractivity contribution is 6.69. The Hall–Kier alpha value is -1.55. The molecule has 0 heterocycles. The molecule has 80 valence electrons. The molecule has 1 aromatic rings. The molecule has 0 saturated carbocycles. The van der Waals surface area contributed by atoms with Gasteiger partial charge in [-0.25, -0.2) is 0 Å². The van der Waals surface area contributed by atoms with Crippen LogP contribution in [0.5, 0.6) is 0 Å². The Balaban J connectivity index is 2.80. The molecule has 0 fully saturated rings. The molecule has 0 spiro atoms. The van der Waals surface area contributed by atoms with Gasteiger partial charge in [0.2, 0.25) is 5.91 Å². The Morgan fingerprint density at radius 1 is 1.33 bits per heavy atom. The third kappa shape index (κ3) is 3.59. The molecule has 4 nitrogen and oxygen atoms in total. The molecule has 1 amide bonds. The Kier molecular flexibility index (Phi) is 4.12. The lowest BCUT2D eigenvalue weighted by Crippen LogP contribution is -2.06. The number of hydrogen-bond acceptors (Lipinski definition) is 3. The van der Waals surface area contributed by atoms with Gasteiger partial charge >= 0.3 is 0 Å². The zero-order valence-electron chi connectivity index (χ0n) is 8.54. The first-order valence-electron chi connectivity index (χ1n) is 4.41. The number of halogens is 1. The van der Waals surface area contributed by atoms with Gasteiger partial charge in [0.1, 0.15) is 0 Å². The number of carbonyl (C=O) groups is 1. The van der Waals surface area contributed by atoms with E-state index in [4.69, 9.17) is 11.6 Å². The topological polar surface area (TPSA) is 53.5 Å². The Morgan fingerprint density at radius 2 is 1.93 bits per heavy atom. The number of rotatable bonds is 3. The maximum Gasteiger partial charge on any atom is 0.221 e. The second kappa shape index (κ2) is 5.36. The molecule has 0 aliphatic carbocycles. The first-order chi connectivity index (χ1) is 7.13. The van der Waals surface area contributed by atoms with Crippen LogP contribution >= 0.6 is 11.6 Å². The van der Waals surface area contributed by atoms with Crippen LogP contribution in [0.4, 0.5) is 5.69 Å². The third-order valence-corrected chi connectivity index (χ3v) is 1.96. The fourth-order valence-electron chi connectivity index (χ4n) is 1.06. The van der Waals surface area contributed by atoms with Crippen molar-refractivity contribution in [1.29, 1.82) is 0 Å². The van der Waals surface area contributed by atoms with Gasteiger partial charge in [-0.15, -0.1) is 0 Å². The molecule has 0 bridgehead atoms. The van der Waals surface area contributed by atoms with E-state index in [0.717, 1.165) is 11.3 Å². The van der Waals surface area contributed by atoms with E-state index < -0.39 is 0 Å². The molecule has 0 aromatic heterocycles. The summed E-state index contributed by atoms with van der Waals surface area (Å²) in [6, 6.07) is 7.11. The number of hydrogen-bond donors (Lipinski definition) is 2. The van der Waals surface area contributed by atoms with E-state index in [0.29, 0.717) is 5.17 Å². The molecule has 0 aliphatic heterocycles. The van der Waals surface area contributed by atoms with Crippen molar-refractivity contribution in [1.82, 2.24) is 5.43 Å². The molecule has 0 radical (unpaired) electrons. The van der Waals surface area contributed by atoms with Crippen LogP contribution in [0.2, 0.25) is 0 Å². The van der Waals surface area contributed by atoms with E-state index in [1.807, 2.05) is 0 Å². The summed E-state index contributed by atoms with van der Waals surface area (Å²) in [4.78, 5) is 10.8. The summed E-state index contributed by atoms with van der Waals surface area (Å²) < 4.78 is 0. The van der Waals surface area contributed by atoms with E-state index >= 15 is 0 Å². The molecular formula is C10H12ClN3O. The summed E-state index contributed by atoms with van der Waals surface area (Å²) in [5.41, 5.74) is 4.13. The van der Waals surface area contributed by atoms with E-state index in [1.54, 1.807) is 31.3 Å². The average molecular weight is 226 g/mol. The highest BCUT2D eigenvalue weighted by Crippen LogP contribution is 2.11. The van der Waals surface area contributed by atoms with Crippen molar-refractivity contribution in [3.63, 3.8) is 0 Å². The molecule has 2 N–H and O–H groups in total. The fraction of sp³-hybridized carbons (Fsp3) is 0.200. The predicted molar refractivity (Wildman–Crippen MR) is 62.2 cm³/mol. The Morgan fingerprint density at radius 3 is 2.40 bits per heavy atom. The minimum atomic E-state index is -0.0993. The smallest absolute Gasteiger partial charge is 0.221 e. The lowest BCUT2D eigenvalue weighted by atomic mass is 10.2. The molecule has 0 unspecified atom stereocenters. The van der Waals surface area contributed by atoms with Crippen LogP contribution in [0, 0.1) is 0 Å². The minimum absolute atomic E-state index is 0.0993. The lowest BCUT2D eigenvalue weighted by Gasteiger charge is -2.03. The van der Waals surface area contributed by atoms with Crippen LogP contribution in [-0.4, -0.2) is 18.1 Å². The number of benzene rings is 1. The maximum atomic E-state index is 10.8. The predicted octanol–water partition coefficient (Wildman–Crippen LogP) is 1.76. The van der Waals surface area contributed by atoms with Crippen LogP contribution in [0.1, 0.15) is 12.5 Å². The monoisotopic (exact) mass is 225 g/mol. The van der Waals surface area contributed by atoms with Gasteiger partial charge in [0.05, 0.1) is 0 Å². The number of hydrazone groups is 1. The van der Waals surface area contributed by atoms with Crippen LogP contribution < -0.4 is 10.7 Å². The standard InChI is InChI=1S/C10H12ClN3O/c1-7(15)13-9-5-3-8(4-6-9)10(11)14-12-2/h3-6,12H,1-2H3,(H,13,15). The quantitative estimate of drug-likeness (QED) is 0.609. The van der Waals surface area contributed by atoms with Gasteiger partial charge in [-0.05, 0) is 24.3 Å². The SMILES string of the molecule is CNN=C(Cl)c1ccc(NC(C)=O)cc1. The van der Waals surface area contributed by atoms with E-state index in [2.05, 4.69) is 15.8 Å². The van der Waals surface area contributed by atoms with Crippen LogP contribution in [-0.2, 0) is 4.79 Å². The van der Waals surface area contributed by atoms with Gasteiger partial charge < -0.3 is 10.7 Å². The molecule has 1 aromatic carbocycles. The molecule has 15 heavy (non-hydrogen) atoms. The Bertz CT molecular complexity index is 373. The second-order valence-corrected chi connectivity index (χ2v) is 3.24. The van der Waals surface area contributed by atoms with Crippen LogP contribution in [0.25, 0.3) is 0 Å². The van der Waals surface area contributed by atoms with Crippen molar-refractivity contribution >= 4 is 28.4 Å². The largest absolute Gasteiger partial charge is 0.326 e. The van der Waals surface area contributed by atoms with Gasteiger partial charge in [-0.2, -0.15) is 5.10 Å². The van der Waals surface area contributed by atoms with Crippen LogP contribution in [0.3, 0.4) is 0 Å². The van der Waals surface area contributed by atoms with E-state index in [-0.39, 0.29) is 5.91 Å². The average Bonchev–Trinajstić information content (AvgIpc) is 2.18. The van der Waals surface area contributed by atoms with Crippen molar-refractivity contribution in [2.24, 2.45) is 5.10 Å². The first-order valence-corrected chi connectivity index (χ1v) is 4.79. The summed E-state index contributed by atoms with van der Waals surface area (Å²) in [6.45, 7) is 1.46. The summed E-state index contributed by atoms with van der Waals surface area (Å²) >= 11 is 5.86. The minimum Gasteiger partial charge on any atom is -0.326 e. The van der Waals surface area contributed by atoms with Gasteiger partial charge in [-0.3, -0.25) is 4.79 Å². The maximum absolute atomic E-state index is 10.8. The Labute approximate surface area is 93.3 Å². The van der Waals surface area contributed by atoms with Gasteiger partial charge in [0.15, 0.2) is 5.17 Å². The number of anilines is 1. The highest BCUT2D eigenvalue weighted by atomic mass is 35.5. The van der Waals surface area contributed by atoms with E-state index in [1.165, 1.54) is 6.92 Å². The number of carbonyl (C=O) groups excluding carboxylic acids is 1. The molecule has 0 aliphatic rings. The molecule has 1 rings (SSSR count). The van der Waals surface area contributed by atoms with E-state index in [9.17, 15) is 4.79 Å². The second-order valence-electron chi connectivity index (χ2n) is 2.88.